The van der Waals surface area contributed by atoms with Crippen LogP contribution in [0.5, 0.6) is 5.75 Å². The topological polar surface area (TPSA) is 50.4 Å². The fraction of sp³-hybridized carbons (Fsp3) is 0.562. The number of carbonyl (C=O) groups is 1. The highest BCUT2D eigenvalue weighted by Gasteiger charge is 2.18. The van der Waals surface area contributed by atoms with Crippen LogP contribution in [0.2, 0.25) is 0 Å². The Kier molecular flexibility index (Phi) is 4.88. The van der Waals surface area contributed by atoms with E-state index < -0.39 is 0 Å². The van der Waals surface area contributed by atoms with E-state index in [9.17, 15) is 4.79 Å². The summed E-state index contributed by atoms with van der Waals surface area (Å²) in [4.78, 5) is 11.7. The standard InChI is InChI=1S/C16H24N2O2/c1-11(2)9-17-15(19)10-20-14-6-4-5-13-8-7-12(3)18-16(13)14/h4-6,11-12,18H,7-10H2,1-3H3,(H,17,19). The van der Waals surface area contributed by atoms with E-state index in [4.69, 9.17) is 4.74 Å². The van der Waals surface area contributed by atoms with E-state index in [1.165, 1.54) is 5.56 Å². The summed E-state index contributed by atoms with van der Waals surface area (Å²) < 4.78 is 5.67. The molecule has 0 aliphatic carbocycles. The van der Waals surface area contributed by atoms with Crippen LogP contribution in [0.4, 0.5) is 5.69 Å². The van der Waals surface area contributed by atoms with Crippen molar-refractivity contribution in [3.63, 3.8) is 0 Å². The Labute approximate surface area is 120 Å². The van der Waals surface area contributed by atoms with Crippen molar-refractivity contribution in [1.29, 1.82) is 0 Å². The van der Waals surface area contributed by atoms with E-state index >= 15 is 0 Å². The molecule has 0 aromatic heterocycles. The SMILES string of the molecule is CC(C)CNC(=O)COc1cccc2c1NC(C)CC2. The van der Waals surface area contributed by atoms with Crippen molar-refractivity contribution < 1.29 is 9.53 Å². The van der Waals surface area contributed by atoms with Gasteiger partial charge >= 0.3 is 0 Å². The highest BCUT2D eigenvalue weighted by atomic mass is 16.5. The Morgan fingerprint density at radius 1 is 1.50 bits per heavy atom. The first-order valence-electron chi connectivity index (χ1n) is 7.34. The molecule has 1 atom stereocenters. The molecule has 0 spiro atoms. The number of aryl methyl sites for hydroxylation is 1. The van der Waals surface area contributed by atoms with Crippen LogP contribution in [0.3, 0.4) is 0 Å². The van der Waals surface area contributed by atoms with E-state index in [1.54, 1.807) is 0 Å². The van der Waals surface area contributed by atoms with Crippen molar-refractivity contribution in [3.8, 4) is 5.75 Å². The third-order valence-electron chi connectivity index (χ3n) is 3.42. The molecule has 1 amide bonds. The maximum Gasteiger partial charge on any atom is 0.257 e. The largest absolute Gasteiger partial charge is 0.482 e. The average Bonchev–Trinajstić information content (AvgIpc) is 2.42. The van der Waals surface area contributed by atoms with Gasteiger partial charge in [0.2, 0.25) is 0 Å². The molecule has 20 heavy (non-hydrogen) atoms. The van der Waals surface area contributed by atoms with Crippen molar-refractivity contribution in [1.82, 2.24) is 5.32 Å². The third-order valence-corrected chi connectivity index (χ3v) is 3.42. The molecule has 0 saturated heterocycles. The molecule has 1 aromatic carbocycles. The highest BCUT2D eigenvalue weighted by molar-refractivity contribution is 5.78. The molecular formula is C16H24N2O2. The number of rotatable bonds is 5. The van der Waals surface area contributed by atoms with Gasteiger partial charge in [-0.05, 0) is 37.3 Å². The molecule has 1 heterocycles. The average molecular weight is 276 g/mol. The van der Waals surface area contributed by atoms with Gasteiger partial charge in [0.15, 0.2) is 6.61 Å². The Hall–Kier alpha value is -1.71. The third kappa shape index (κ3) is 3.89. The quantitative estimate of drug-likeness (QED) is 0.869. The first-order chi connectivity index (χ1) is 9.56. The molecular weight excluding hydrogens is 252 g/mol. The number of ether oxygens (including phenoxy) is 1. The Morgan fingerprint density at radius 2 is 2.30 bits per heavy atom. The lowest BCUT2D eigenvalue weighted by molar-refractivity contribution is -0.123. The van der Waals surface area contributed by atoms with E-state index in [0.29, 0.717) is 18.5 Å². The molecule has 2 N–H and O–H groups in total. The van der Waals surface area contributed by atoms with E-state index in [-0.39, 0.29) is 12.5 Å². The summed E-state index contributed by atoms with van der Waals surface area (Å²) in [7, 11) is 0. The monoisotopic (exact) mass is 276 g/mol. The Balaban J connectivity index is 1.95. The Bertz CT molecular complexity index is 472. The second-order valence-electron chi connectivity index (χ2n) is 5.86. The molecule has 2 rings (SSSR count). The number of fused-ring (bicyclic) bond motifs is 1. The van der Waals surface area contributed by atoms with Crippen LogP contribution in [0.25, 0.3) is 0 Å². The lowest BCUT2D eigenvalue weighted by atomic mass is 9.98. The summed E-state index contributed by atoms with van der Waals surface area (Å²) >= 11 is 0. The summed E-state index contributed by atoms with van der Waals surface area (Å²) in [5, 5.41) is 6.30. The molecule has 1 aliphatic rings. The predicted molar refractivity (Wildman–Crippen MR) is 81.2 cm³/mol. The van der Waals surface area contributed by atoms with Crippen molar-refractivity contribution >= 4 is 11.6 Å². The second kappa shape index (κ2) is 6.64. The first-order valence-corrected chi connectivity index (χ1v) is 7.34. The van der Waals surface area contributed by atoms with Gasteiger partial charge in [-0.1, -0.05) is 26.0 Å². The van der Waals surface area contributed by atoms with Gasteiger partial charge in [-0.3, -0.25) is 4.79 Å². The molecule has 110 valence electrons. The number of amides is 1. The molecule has 1 aromatic rings. The molecule has 1 aliphatic heterocycles. The van der Waals surface area contributed by atoms with Gasteiger partial charge in [0.05, 0.1) is 5.69 Å². The summed E-state index contributed by atoms with van der Waals surface area (Å²) in [6.07, 6.45) is 2.19. The summed E-state index contributed by atoms with van der Waals surface area (Å²) in [6, 6.07) is 6.46. The normalized spacial score (nSPS) is 17.3. The van der Waals surface area contributed by atoms with Crippen LogP contribution in [-0.2, 0) is 11.2 Å². The van der Waals surface area contributed by atoms with E-state index in [1.807, 2.05) is 12.1 Å². The second-order valence-corrected chi connectivity index (χ2v) is 5.86. The number of hydrogen-bond donors (Lipinski definition) is 2. The van der Waals surface area contributed by atoms with Gasteiger partial charge in [0.25, 0.3) is 5.91 Å². The van der Waals surface area contributed by atoms with E-state index in [2.05, 4.69) is 37.5 Å². The maximum atomic E-state index is 11.7. The molecule has 4 nitrogen and oxygen atoms in total. The molecule has 1 unspecified atom stereocenters. The smallest absolute Gasteiger partial charge is 0.257 e. The van der Waals surface area contributed by atoms with Gasteiger partial charge in [-0.25, -0.2) is 0 Å². The Morgan fingerprint density at radius 3 is 3.05 bits per heavy atom. The fourth-order valence-corrected chi connectivity index (χ4v) is 2.27. The van der Waals surface area contributed by atoms with Crippen molar-refractivity contribution in [2.75, 3.05) is 18.5 Å². The lowest BCUT2D eigenvalue weighted by Crippen LogP contribution is -2.32. The van der Waals surface area contributed by atoms with Crippen LogP contribution >= 0.6 is 0 Å². The zero-order valence-electron chi connectivity index (χ0n) is 12.5. The van der Waals surface area contributed by atoms with Crippen LogP contribution < -0.4 is 15.4 Å². The van der Waals surface area contributed by atoms with Crippen molar-refractivity contribution in [2.24, 2.45) is 5.92 Å². The van der Waals surface area contributed by atoms with Gasteiger partial charge in [-0.2, -0.15) is 0 Å². The lowest BCUT2D eigenvalue weighted by Gasteiger charge is -2.26. The zero-order chi connectivity index (χ0) is 14.5. The minimum Gasteiger partial charge on any atom is -0.482 e. The highest BCUT2D eigenvalue weighted by Crippen LogP contribution is 2.33. The molecule has 0 radical (unpaired) electrons. The summed E-state index contributed by atoms with van der Waals surface area (Å²) in [5.74, 6) is 1.15. The summed E-state index contributed by atoms with van der Waals surface area (Å²) in [6.45, 7) is 7.05. The number of hydrogen-bond acceptors (Lipinski definition) is 3. The molecule has 0 bridgehead atoms. The van der Waals surface area contributed by atoms with Crippen molar-refractivity contribution in [2.45, 2.75) is 39.7 Å². The van der Waals surface area contributed by atoms with Crippen LogP contribution in [-0.4, -0.2) is 25.1 Å². The zero-order valence-corrected chi connectivity index (χ0v) is 12.5. The van der Waals surface area contributed by atoms with E-state index in [0.717, 1.165) is 24.3 Å². The number of para-hydroxylation sites is 1. The predicted octanol–water partition coefficient (Wildman–Crippen LogP) is 2.58. The minimum absolute atomic E-state index is 0.0687. The van der Waals surface area contributed by atoms with Crippen molar-refractivity contribution in [3.05, 3.63) is 23.8 Å². The number of carbonyl (C=O) groups excluding carboxylic acids is 1. The molecule has 0 saturated carbocycles. The number of benzene rings is 1. The molecule has 0 fully saturated rings. The van der Waals surface area contributed by atoms with Crippen LogP contribution in [0.15, 0.2) is 18.2 Å². The fourth-order valence-electron chi connectivity index (χ4n) is 2.27. The summed E-state index contributed by atoms with van der Waals surface area (Å²) in [5.41, 5.74) is 2.31. The van der Waals surface area contributed by atoms with Gasteiger partial charge < -0.3 is 15.4 Å². The minimum atomic E-state index is -0.0693. The molecule has 4 heteroatoms. The number of nitrogens with one attached hydrogen (secondary N) is 2. The first kappa shape index (κ1) is 14.7. The van der Waals surface area contributed by atoms with Crippen LogP contribution in [0.1, 0.15) is 32.8 Å². The van der Waals surface area contributed by atoms with Gasteiger partial charge in [-0.15, -0.1) is 0 Å². The van der Waals surface area contributed by atoms with Gasteiger partial charge in [0, 0.05) is 12.6 Å². The number of anilines is 1. The van der Waals surface area contributed by atoms with Gasteiger partial charge in [0.1, 0.15) is 5.75 Å². The maximum absolute atomic E-state index is 11.7. The van der Waals surface area contributed by atoms with Crippen LogP contribution in [0, 0.1) is 5.92 Å².